The lowest BCUT2D eigenvalue weighted by molar-refractivity contribution is -0.141. The van der Waals surface area contributed by atoms with Crippen LogP contribution >= 0.6 is 0 Å². The molecule has 0 aliphatic carbocycles. The number of nitrogens with zero attached hydrogens (tertiary/aromatic N) is 2. The molecule has 0 saturated carbocycles. The maximum atomic E-state index is 13.2. The van der Waals surface area contributed by atoms with Crippen LogP contribution in [0.25, 0.3) is 0 Å². The van der Waals surface area contributed by atoms with Crippen LogP contribution in [0.3, 0.4) is 0 Å². The summed E-state index contributed by atoms with van der Waals surface area (Å²) in [5, 5.41) is 0. The summed E-state index contributed by atoms with van der Waals surface area (Å²) in [6, 6.07) is 14.6. The van der Waals surface area contributed by atoms with Crippen LogP contribution in [0.2, 0.25) is 0 Å². The van der Waals surface area contributed by atoms with Gasteiger partial charge in [0.05, 0.1) is 7.11 Å². The number of hydrogen-bond acceptors (Lipinski definition) is 4. The molecule has 0 saturated heterocycles. The zero-order chi connectivity index (χ0) is 19.4. The van der Waals surface area contributed by atoms with Crippen LogP contribution in [0.15, 0.2) is 48.5 Å². The van der Waals surface area contributed by atoms with Crippen molar-refractivity contribution in [2.45, 2.75) is 32.2 Å². The lowest BCUT2D eigenvalue weighted by Gasteiger charge is -2.24. The first-order chi connectivity index (χ1) is 13.1. The lowest BCUT2D eigenvalue weighted by Crippen LogP contribution is -2.43. The molecule has 0 radical (unpaired) electrons. The third-order valence-corrected chi connectivity index (χ3v) is 5.07. The van der Waals surface area contributed by atoms with Crippen molar-refractivity contribution in [3.8, 4) is 0 Å². The van der Waals surface area contributed by atoms with Crippen LogP contribution in [-0.4, -0.2) is 38.6 Å². The zero-order valence-corrected chi connectivity index (χ0v) is 16.1. The number of anilines is 2. The van der Waals surface area contributed by atoms with Gasteiger partial charge in [0, 0.05) is 37.0 Å². The van der Waals surface area contributed by atoms with Crippen LogP contribution in [0.4, 0.5) is 11.4 Å². The van der Waals surface area contributed by atoms with Crippen molar-refractivity contribution in [1.82, 2.24) is 0 Å². The minimum absolute atomic E-state index is 0.182. The molecule has 1 aliphatic heterocycles. The Morgan fingerprint density at radius 2 is 1.85 bits per heavy atom. The molecule has 5 heteroatoms. The Kier molecular flexibility index (Phi) is 5.79. The van der Waals surface area contributed by atoms with E-state index < -0.39 is 12.0 Å². The van der Waals surface area contributed by atoms with Crippen LogP contribution in [0.1, 0.15) is 35.7 Å². The normalized spacial score (nSPS) is 15.4. The summed E-state index contributed by atoms with van der Waals surface area (Å²) in [7, 11) is 3.41. The van der Waals surface area contributed by atoms with Crippen molar-refractivity contribution in [1.29, 1.82) is 0 Å². The number of unbranched alkanes of at least 4 members (excludes halogenated alkanes) is 1. The van der Waals surface area contributed by atoms with E-state index in [0.717, 1.165) is 36.3 Å². The summed E-state index contributed by atoms with van der Waals surface area (Å²) >= 11 is 0. The average molecular weight is 366 g/mol. The van der Waals surface area contributed by atoms with E-state index in [1.807, 2.05) is 48.5 Å². The van der Waals surface area contributed by atoms with Gasteiger partial charge in [-0.3, -0.25) is 9.69 Å². The highest BCUT2D eigenvalue weighted by atomic mass is 16.5. The van der Waals surface area contributed by atoms with E-state index in [1.54, 1.807) is 4.90 Å². The largest absolute Gasteiger partial charge is 0.467 e. The van der Waals surface area contributed by atoms with Crippen LogP contribution in [-0.2, 0) is 16.0 Å². The minimum Gasteiger partial charge on any atom is -0.467 e. The molecule has 1 atom stereocenters. The molecule has 142 valence electrons. The van der Waals surface area contributed by atoms with Crippen LogP contribution < -0.4 is 9.80 Å². The van der Waals surface area contributed by atoms with Gasteiger partial charge in [0.25, 0.3) is 5.91 Å². The second-order valence-corrected chi connectivity index (χ2v) is 6.87. The van der Waals surface area contributed by atoms with E-state index >= 15 is 0 Å². The quantitative estimate of drug-likeness (QED) is 0.732. The smallest absolute Gasteiger partial charge is 0.329 e. The van der Waals surface area contributed by atoms with Gasteiger partial charge in [-0.25, -0.2) is 4.79 Å². The molecular formula is C22H26N2O3. The predicted molar refractivity (Wildman–Crippen MR) is 107 cm³/mol. The Hall–Kier alpha value is -2.82. The Morgan fingerprint density at radius 1 is 1.15 bits per heavy atom. The standard InChI is InChI=1S/C22H26N2O3/c1-4-5-14-23(2)18-12-10-16(11-13-18)21(25)24-19-9-7-6-8-17(19)15-20(24)22(26)27-3/h6-13,20H,4-5,14-15H2,1-3H3. The van der Waals surface area contributed by atoms with Gasteiger partial charge in [0.15, 0.2) is 0 Å². The van der Waals surface area contributed by atoms with E-state index in [0.29, 0.717) is 12.0 Å². The highest BCUT2D eigenvalue weighted by Gasteiger charge is 2.39. The third-order valence-electron chi connectivity index (χ3n) is 5.07. The highest BCUT2D eigenvalue weighted by molar-refractivity contribution is 6.11. The fourth-order valence-electron chi connectivity index (χ4n) is 3.48. The number of hydrogen-bond donors (Lipinski definition) is 0. The van der Waals surface area contributed by atoms with Crippen molar-refractivity contribution in [3.63, 3.8) is 0 Å². The minimum atomic E-state index is -0.619. The van der Waals surface area contributed by atoms with Gasteiger partial charge in [0.2, 0.25) is 0 Å². The number of ether oxygens (including phenoxy) is 1. The van der Waals surface area contributed by atoms with Crippen molar-refractivity contribution in [2.24, 2.45) is 0 Å². The Balaban J connectivity index is 1.86. The molecule has 1 aliphatic rings. The van der Waals surface area contributed by atoms with Gasteiger partial charge in [-0.1, -0.05) is 31.5 Å². The molecule has 2 aromatic rings. The number of amides is 1. The lowest BCUT2D eigenvalue weighted by atomic mass is 10.1. The summed E-state index contributed by atoms with van der Waals surface area (Å²) in [5.41, 5.74) is 3.40. The van der Waals surface area contributed by atoms with E-state index in [1.165, 1.54) is 7.11 Å². The van der Waals surface area contributed by atoms with Crippen LogP contribution in [0, 0.1) is 0 Å². The number of benzene rings is 2. The molecule has 0 N–H and O–H groups in total. The van der Waals surface area contributed by atoms with E-state index in [4.69, 9.17) is 4.74 Å². The van der Waals surface area contributed by atoms with E-state index in [9.17, 15) is 9.59 Å². The first kappa shape index (κ1) is 19.0. The molecule has 0 bridgehead atoms. The summed E-state index contributed by atoms with van der Waals surface area (Å²) in [5.74, 6) is -0.575. The highest BCUT2D eigenvalue weighted by Crippen LogP contribution is 2.34. The Morgan fingerprint density at radius 3 is 2.52 bits per heavy atom. The molecule has 5 nitrogen and oxygen atoms in total. The maximum Gasteiger partial charge on any atom is 0.329 e. The summed E-state index contributed by atoms with van der Waals surface area (Å²) in [6.45, 7) is 3.15. The topological polar surface area (TPSA) is 49.9 Å². The first-order valence-electron chi connectivity index (χ1n) is 9.37. The SMILES string of the molecule is CCCCN(C)c1ccc(C(=O)N2c3ccccc3CC2C(=O)OC)cc1. The first-order valence-corrected chi connectivity index (χ1v) is 9.37. The van der Waals surface area contributed by atoms with E-state index in [-0.39, 0.29) is 5.91 Å². The van der Waals surface area contributed by atoms with Crippen molar-refractivity contribution in [3.05, 3.63) is 59.7 Å². The second kappa shape index (κ2) is 8.25. The van der Waals surface area contributed by atoms with Crippen molar-refractivity contribution in [2.75, 3.05) is 30.5 Å². The zero-order valence-electron chi connectivity index (χ0n) is 16.1. The number of rotatable bonds is 6. The molecule has 0 spiro atoms. The summed E-state index contributed by atoms with van der Waals surface area (Å²) in [4.78, 5) is 29.2. The van der Waals surface area contributed by atoms with Crippen LogP contribution in [0.5, 0.6) is 0 Å². The van der Waals surface area contributed by atoms with Crippen molar-refractivity contribution >= 4 is 23.3 Å². The summed E-state index contributed by atoms with van der Waals surface area (Å²) in [6.07, 6.45) is 2.75. The predicted octanol–water partition coefficient (Wildman–Crippen LogP) is 3.67. The Labute approximate surface area is 160 Å². The molecule has 1 amide bonds. The molecular weight excluding hydrogens is 340 g/mol. The monoisotopic (exact) mass is 366 g/mol. The molecule has 0 aromatic heterocycles. The van der Waals surface area contributed by atoms with Gasteiger partial charge >= 0.3 is 5.97 Å². The molecule has 1 heterocycles. The van der Waals surface area contributed by atoms with Gasteiger partial charge in [-0.2, -0.15) is 0 Å². The van der Waals surface area contributed by atoms with Crippen molar-refractivity contribution < 1.29 is 14.3 Å². The van der Waals surface area contributed by atoms with Gasteiger partial charge in [0.1, 0.15) is 6.04 Å². The second-order valence-electron chi connectivity index (χ2n) is 6.87. The molecule has 2 aromatic carbocycles. The number of methoxy groups -OCH3 is 1. The van der Waals surface area contributed by atoms with E-state index in [2.05, 4.69) is 18.9 Å². The van der Waals surface area contributed by atoms with Gasteiger partial charge < -0.3 is 9.64 Å². The number of esters is 1. The molecule has 27 heavy (non-hydrogen) atoms. The number of carbonyl (C=O) groups excluding carboxylic acids is 2. The maximum absolute atomic E-state index is 13.2. The number of para-hydroxylation sites is 1. The fraction of sp³-hybridized carbons (Fsp3) is 0.364. The fourth-order valence-corrected chi connectivity index (χ4v) is 3.48. The van der Waals surface area contributed by atoms with Gasteiger partial charge in [-0.05, 0) is 42.3 Å². The number of carbonyl (C=O) groups is 2. The molecule has 3 rings (SSSR count). The van der Waals surface area contributed by atoms with Gasteiger partial charge in [-0.15, -0.1) is 0 Å². The number of fused-ring (bicyclic) bond motifs is 1. The average Bonchev–Trinajstić information content (AvgIpc) is 3.10. The molecule has 0 fully saturated rings. The molecule has 1 unspecified atom stereocenters. The third kappa shape index (κ3) is 3.82. The summed E-state index contributed by atoms with van der Waals surface area (Å²) < 4.78 is 4.93. The Bertz CT molecular complexity index is 817.